The first-order valence-electron chi connectivity index (χ1n) is 5.84. The van der Waals surface area contributed by atoms with Crippen LogP contribution in [-0.4, -0.2) is 30.5 Å². The minimum atomic E-state index is -0.329. The van der Waals surface area contributed by atoms with E-state index in [2.05, 4.69) is 31.4 Å². The number of halogens is 2. The van der Waals surface area contributed by atoms with Crippen molar-refractivity contribution >= 4 is 27.3 Å². The average Bonchev–Trinajstić information content (AvgIpc) is 2.86. The summed E-state index contributed by atoms with van der Waals surface area (Å²) >= 11 is 4.57. The minimum absolute atomic E-state index is 0.329. The first-order chi connectivity index (χ1) is 9.69. The van der Waals surface area contributed by atoms with E-state index in [1.807, 2.05) is 0 Å². The van der Waals surface area contributed by atoms with E-state index >= 15 is 0 Å². The van der Waals surface area contributed by atoms with Gasteiger partial charge in [-0.15, -0.1) is 5.10 Å². The monoisotopic (exact) mass is 361 g/mol. The molecule has 0 saturated carbocycles. The largest absolute Gasteiger partial charge is 0.429 e. The highest BCUT2D eigenvalue weighted by atomic mass is 79.9. The number of hydrogen-bond acceptors (Lipinski definition) is 6. The Morgan fingerprint density at radius 2 is 2.25 bits per heavy atom. The summed E-state index contributed by atoms with van der Waals surface area (Å²) in [6, 6.07) is 4.20. The fourth-order valence-corrected chi connectivity index (χ4v) is 2.47. The van der Waals surface area contributed by atoms with Crippen LogP contribution in [0.5, 0.6) is 10.9 Å². The van der Waals surface area contributed by atoms with Crippen LogP contribution in [0.25, 0.3) is 0 Å². The lowest BCUT2D eigenvalue weighted by atomic mass is 10.3. The number of aromatic nitrogens is 2. The molecular formula is C12H13BrFN3O2S. The molecule has 8 heteroatoms. The molecule has 0 aliphatic heterocycles. The number of rotatable bonds is 7. The van der Waals surface area contributed by atoms with E-state index in [0.717, 1.165) is 11.6 Å². The number of nitrogens with zero attached hydrogens (tertiary/aromatic N) is 2. The highest BCUT2D eigenvalue weighted by molar-refractivity contribution is 9.10. The zero-order valence-corrected chi connectivity index (χ0v) is 13.1. The van der Waals surface area contributed by atoms with E-state index in [9.17, 15) is 4.39 Å². The second-order valence-electron chi connectivity index (χ2n) is 3.81. The average molecular weight is 362 g/mol. The predicted octanol–water partition coefficient (Wildman–Crippen LogP) is 2.97. The molecule has 5 nitrogen and oxygen atoms in total. The summed E-state index contributed by atoms with van der Waals surface area (Å²) in [5.74, 6) is 0.172. The Morgan fingerprint density at radius 3 is 3.00 bits per heavy atom. The van der Waals surface area contributed by atoms with Gasteiger partial charge in [0.25, 0.3) is 5.19 Å². The van der Waals surface area contributed by atoms with Crippen molar-refractivity contribution in [2.24, 2.45) is 0 Å². The van der Waals surface area contributed by atoms with Gasteiger partial charge in [0.1, 0.15) is 16.6 Å². The van der Waals surface area contributed by atoms with Crippen LogP contribution in [0.4, 0.5) is 4.39 Å². The van der Waals surface area contributed by atoms with Crippen molar-refractivity contribution in [1.29, 1.82) is 0 Å². The molecule has 0 spiro atoms. The van der Waals surface area contributed by atoms with Crippen LogP contribution in [-0.2, 0) is 11.3 Å². The van der Waals surface area contributed by atoms with Gasteiger partial charge in [-0.05, 0) is 34.1 Å². The third-order valence-electron chi connectivity index (χ3n) is 2.30. The number of nitrogens with one attached hydrogen (secondary N) is 1. The van der Waals surface area contributed by atoms with Crippen molar-refractivity contribution in [2.75, 3.05) is 20.3 Å². The van der Waals surface area contributed by atoms with Gasteiger partial charge in [-0.1, -0.05) is 16.4 Å². The summed E-state index contributed by atoms with van der Waals surface area (Å²) in [6.07, 6.45) is 0. The van der Waals surface area contributed by atoms with Crippen LogP contribution in [0.3, 0.4) is 0 Å². The Bertz CT molecular complexity index is 567. The summed E-state index contributed by atoms with van der Waals surface area (Å²) in [6.45, 7) is 2.00. The Morgan fingerprint density at radius 1 is 1.40 bits per heavy atom. The Kier molecular flexibility index (Phi) is 5.84. The van der Waals surface area contributed by atoms with Gasteiger partial charge < -0.3 is 14.8 Å². The molecule has 1 heterocycles. The molecule has 0 amide bonds. The van der Waals surface area contributed by atoms with Crippen LogP contribution in [0.2, 0.25) is 0 Å². The number of benzene rings is 1. The maximum atomic E-state index is 13.0. The molecule has 2 rings (SSSR count). The molecule has 0 bridgehead atoms. The van der Waals surface area contributed by atoms with Gasteiger partial charge in [-0.2, -0.15) is 0 Å². The molecule has 0 radical (unpaired) electrons. The van der Waals surface area contributed by atoms with Crippen LogP contribution in [0.15, 0.2) is 22.7 Å². The predicted molar refractivity (Wildman–Crippen MR) is 77.7 cm³/mol. The molecule has 20 heavy (non-hydrogen) atoms. The molecule has 108 valence electrons. The fourth-order valence-electron chi connectivity index (χ4n) is 1.37. The maximum absolute atomic E-state index is 13.0. The molecular weight excluding hydrogens is 349 g/mol. The lowest BCUT2D eigenvalue weighted by Gasteiger charge is -2.03. The lowest BCUT2D eigenvalue weighted by Crippen LogP contribution is -2.18. The smallest absolute Gasteiger partial charge is 0.299 e. The van der Waals surface area contributed by atoms with Crippen LogP contribution in [0, 0.1) is 5.82 Å². The Hall–Kier alpha value is -1.09. The second-order valence-corrected chi connectivity index (χ2v) is 5.69. The van der Waals surface area contributed by atoms with Crippen molar-refractivity contribution in [2.45, 2.75) is 6.54 Å². The van der Waals surface area contributed by atoms with Gasteiger partial charge in [-0.25, -0.2) is 4.39 Å². The van der Waals surface area contributed by atoms with E-state index in [1.54, 1.807) is 7.11 Å². The summed E-state index contributed by atoms with van der Waals surface area (Å²) in [5.41, 5.74) is 0. The molecule has 1 N–H and O–H groups in total. The molecule has 2 aromatic rings. The first kappa shape index (κ1) is 15.3. The Balaban J connectivity index is 1.92. The normalized spacial score (nSPS) is 10.8. The standard InChI is InChI=1S/C12H13BrFN3O2S/c1-18-5-4-15-7-11-16-17-12(20-11)19-10-3-2-8(14)6-9(10)13/h2-3,6,15H,4-5,7H2,1H3. The third kappa shape index (κ3) is 4.48. The molecule has 0 atom stereocenters. The fraction of sp³-hybridized carbons (Fsp3) is 0.333. The first-order valence-corrected chi connectivity index (χ1v) is 7.45. The molecule has 0 fully saturated rings. The quantitative estimate of drug-likeness (QED) is 0.768. The number of ether oxygens (including phenoxy) is 2. The maximum Gasteiger partial charge on any atom is 0.299 e. The van der Waals surface area contributed by atoms with Gasteiger partial charge in [-0.3, -0.25) is 0 Å². The zero-order chi connectivity index (χ0) is 14.4. The van der Waals surface area contributed by atoms with Gasteiger partial charge in [0.15, 0.2) is 0 Å². The van der Waals surface area contributed by atoms with Crippen molar-refractivity contribution in [3.63, 3.8) is 0 Å². The van der Waals surface area contributed by atoms with Gasteiger partial charge >= 0.3 is 0 Å². The van der Waals surface area contributed by atoms with Crippen LogP contribution in [0.1, 0.15) is 5.01 Å². The van der Waals surface area contributed by atoms with E-state index in [4.69, 9.17) is 9.47 Å². The van der Waals surface area contributed by atoms with Crippen LogP contribution < -0.4 is 10.1 Å². The summed E-state index contributed by atoms with van der Waals surface area (Å²) in [4.78, 5) is 0. The Labute approximate surface area is 128 Å². The third-order valence-corrected chi connectivity index (χ3v) is 3.72. The zero-order valence-electron chi connectivity index (χ0n) is 10.7. The van der Waals surface area contributed by atoms with E-state index in [0.29, 0.717) is 28.6 Å². The minimum Gasteiger partial charge on any atom is -0.429 e. The van der Waals surface area contributed by atoms with Crippen molar-refractivity contribution in [3.05, 3.63) is 33.5 Å². The van der Waals surface area contributed by atoms with E-state index in [-0.39, 0.29) is 5.82 Å². The van der Waals surface area contributed by atoms with Crippen LogP contribution >= 0.6 is 27.3 Å². The lowest BCUT2D eigenvalue weighted by molar-refractivity contribution is 0.199. The highest BCUT2D eigenvalue weighted by Crippen LogP contribution is 2.31. The summed E-state index contributed by atoms with van der Waals surface area (Å²) in [5, 5.41) is 12.3. The highest BCUT2D eigenvalue weighted by Gasteiger charge is 2.09. The molecule has 0 saturated heterocycles. The number of hydrogen-bond donors (Lipinski definition) is 1. The van der Waals surface area contributed by atoms with Gasteiger partial charge in [0, 0.05) is 20.2 Å². The summed E-state index contributed by atoms with van der Waals surface area (Å²) < 4.78 is 24.0. The second kappa shape index (κ2) is 7.63. The van der Waals surface area contributed by atoms with Crippen molar-refractivity contribution in [3.8, 4) is 10.9 Å². The van der Waals surface area contributed by atoms with Crippen molar-refractivity contribution in [1.82, 2.24) is 15.5 Å². The van der Waals surface area contributed by atoms with E-state index < -0.39 is 0 Å². The molecule has 1 aromatic carbocycles. The molecule has 0 aliphatic rings. The SMILES string of the molecule is COCCNCc1nnc(Oc2ccc(F)cc2Br)s1. The molecule has 0 unspecified atom stereocenters. The topological polar surface area (TPSA) is 56.3 Å². The molecule has 0 aliphatic carbocycles. The van der Waals surface area contributed by atoms with Crippen molar-refractivity contribution < 1.29 is 13.9 Å². The van der Waals surface area contributed by atoms with Gasteiger partial charge in [0.05, 0.1) is 11.1 Å². The number of methoxy groups -OCH3 is 1. The molecule has 1 aromatic heterocycles. The van der Waals surface area contributed by atoms with Gasteiger partial charge in [0.2, 0.25) is 0 Å². The van der Waals surface area contributed by atoms with E-state index in [1.165, 1.54) is 29.5 Å². The summed E-state index contributed by atoms with van der Waals surface area (Å²) in [7, 11) is 1.65.